The Hall–Kier alpha value is -3.25. The maximum Gasteiger partial charge on any atom is 0.239 e. The molecule has 2 aromatic carbocycles. The molecule has 0 atom stereocenters. The lowest BCUT2D eigenvalue weighted by Crippen LogP contribution is -2.29. The Morgan fingerprint density at radius 1 is 1.00 bits per heavy atom. The molecule has 0 radical (unpaired) electrons. The molecule has 0 aliphatic rings. The van der Waals surface area contributed by atoms with E-state index in [0.29, 0.717) is 29.4 Å². The van der Waals surface area contributed by atoms with Crippen molar-refractivity contribution < 1.29 is 14.0 Å². The molecular formula is C23H24ClN3O3. The summed E-state index contributed by atoms with van der Waals surface area (Å²) in [7, 11) is 0. The number of carbonyl (C=O) groups is 2. The molecule has 0 aliphatic heterocycles. The number of nitrogens with one attached hydrogen (secondary N) is 3. The Kier molecular flexibility index (Phi) is 7.14. The second-order valence-corrected chi connectivity index (χ2v) is 7.27. The van der Waals surface area contributed by atoms with Gasteiger partial charge < -0.3 is 20.4 Å². The topological polar surface area (TPSA) is 83.4 Å². The molecule has 1 aromatic heterocycles. The van der Waals surface area contributed by atoms with E-state index in [0.717, 1.165) is 22.6 Å². The first-order valence-corrected chi connectivity index (χ1v) is 10.1. The molecule has 0 aliphatic carbocycles. The van der Waals surface area contributed by atoms with Crippen molar-refractivity contribution >= 4 is 34.8 Å². The molecule has 2 amide bonds. The largest absolute Gasteiger partial charge is 0.459 e. The maximum absolute atomic E-state index is 12.2. The van der Waals surface area contributed by atoms with Crippen LogP contribution in [0.2, 0.25) is 5.02 Å². The van der Waals surface area contributed by atoms with E-state index in [9.17, 15) is 9.59 Å². The van der Waals surface area contributed by atoms with Crippen molar-refractivity contribution in [3.8, 4) is 11.3 Å². The van der Waals surface area contributed by atoms with Crippen LogP contribution in [0.5, 0.6) is 0 Å². The van der Waals surface area contributed by atoms with Crippen LogP contribution >= 0.6 is 11.6 Å². The van der Waals surface area contributed by atoms with Crippen molar-refractivity contribution in [3.05, 3.63) is 70.9 Å². The van der Waals surface area contributed by atoms with Gasteiger partial charge in [0.15, 0.2) is 0 Å². The highest BCUT2D eigenvalue weighted by molar-refractivity contribution is 6.30. The number of aryl methyl sites for hydroxylation is 1. The molecule has 156 valence electrons. The van der Waals surface area contributed by atoms with E-state index >= 15 is 0 Å². The first kappa shape index (κ1) is 21.5. The first-order valence-electron chi connectivity index (χ1n) is 9.70. The van der Waals surface area contributed by atoms with Crippen LogP contribution in [-0.4, -0.2) is 18.4 Å². The standard InChI is InChI=1S/C23H24ClN3O3/c1-3-22(28)27-18-9-4-15(2)20(12-18)25-14-23(29)26-13-19-10-11-21(30-19)16-5-7-17(24)8-6-16/h4-12,25H,3,13-14H2,1-2H3,(H,26,29)(H,27,28). The van der Waals surface area contributed by atoms with Crippen molar-refractivity contribution in [1.29, 1.82) is 0 Å². The van der Waals surface area contributed by atoms with Crippen molar-refractivity contribution in [3.63, 3.8) is 0 Å². The van der Waals surface area contributed by atoms with Gasteiger partial charge in [0.05, 0.1) is 13.1 Å². The summed E-state index contributed by atoms with van der Waals surface area (Å²) in [4.78, 5) is 23.8. The van der Waals surface area contributed by atoms with E-state index in [1.165, 1.54) is 0 Å². The fourth-order valence-corrected chi connectivity index (χ4v) is 2.93. The van der Waals surface area contributed by atoms with Crippen LogP contribution in [0.15, 0.2) is 59.0 Å². The lowest BCUT2D eigenvalue weighted by Gasteiger charge is -2.12. The lowest BCUT2D eigenvalue weighted by atomic mass is 10.1. The van der Waals surface area contributed by atoms with E-state index in [1.807, 2.05) is 49.4 Å². The van der Waals surface area contributed by atoms with Crippen molar-refractivity contribution in [2.75, 3.05) is 17.2 Å². The highest BCUT2D eigenvalue weighted by Gasteiger charge is 2.08. The highest BCUT2D eigenvalue weighted by Crippen LogP contribution is 2.24. The number of benzene rings is 2. The molecule has 30 heavy (non-hydrogen) atoms. The van der Waals surface area contributed by atoms with Crippen molar-refractivity contribution in [2.24, 2.45) is 0 Å². The Morgan fingerprint density at radius 3 is 2.50 bits per heavy atom. The summed E-state index contributed by atoms with van der Waals surface area (Å²) in [6.07, 6.45) is 0.408. The smallest absolute Gasteiger partial charge is 0.239 e. The fourth-order valence-electron chi connectivity index (χ4n) is 2.81. The van der Waals surface area contributed by atoms with Crippen LogP contribution < -0.4 is 16.0 Å². The van der Waals surface area contributed by atoms with E-state index in [4.69, 9.17) is 16.0 Å². The van der Waals surface area contributed by atoms with Gasteiger partial charge in [-0.05, 0) is 61.0 Å². The minimum atomic E-state index is -0.165. The molecule has 6 nitrogen and oxygen atoms in total. The Labute approximate surface area is 180 Å². The summed E-state index contributed by atoms with van der Waals surface area (Å²) in [6.45, 7) is 4.13. The summed E-state index contributed by atoms with van der Waals surface area (Å²) in [5, 5.41) is 9.42. The van der Waals surface area contributed by atoms with Gasteiger partial charge in [-0.25, -0.2) is 0 Å². The summed E-state index contributed by atoms with van der Waals surface area (Å²) in [5.74, 6) is 1.16. The van der Waals surface area contributed by atoms with Gasteiger partial charge >= 0.3 is 0 Å². The molecule has 3 rings (SSSR count). The first-order chi connectivity index (χ1) is 14.4. The van der Waals surface area contributed by atoms with Crippen LogP contribution in [0, 0.1) is 6.92 Å². The van der Waals surface area contributed by atoms with Crippen LogP contribution in [0.3, 0.4) is 0 Å². The molecule has 7 heteroatoms. The number of rotatable bonds is 8. The van der Waals surface area contributed by atoms with Crippen molar-refractivity contribution in [1.82, 2.24) is 5.32 Å². The molecular weight excluding hydrogens is 402 g/mol. The molecule has 1 heterocycles. The van der Waals surface area contributed by atoms with Crippen molar-refractivity contribution in [2.45, 2.75) is 26.8 Å². The minimum Gasteiger partial charge on any atom is -0.459 e. The summed E-state index contributed by atoms with van der Waals surface area (Å²) in [5.41, 5.74) is 3.39. The lowest BCUT2D eigenvalue weighted by molar-refractivity contribution is -0.119. The molecule has 3 N–H and O–H groups in total. The highest BCUT2D eigenvalue weighted by atomic mass is 35.5. The van der Waals surface area contributed by atoms with Crippen LogP contribution in [0.25, 0.3) is 11.3 Å². The second kappa shape index (κ2) is 9.98. The molecule has 0 unspecified atom stereocenters. The number of carbonyl (C=O) groups excluding carboxylic acids is 2. The van der Waals surface area contributed by atoms with Gasteiger partial charge in [-0.3, -0.25) is 9.59 Å². The summed E-state index contributed by atoms with van der Waals surface area (Å²) >= 11 is 5.91. The van der Waals surface area contributed by atoms with Gasteiger partial charge in [0, 0.05) is 28.4 Å². The molecule has 0 saturated carbocycles. The number of anilines is 2. The van der Waals surface area contributed by atoms with Gasteiger partial charge in [-0.1, -0.05) is 24.6 Å². The predicted octanol–water partition coefficient (Wildman–Crippen LogP) is 4.99. The van der Waals surface area contributed by atoms with Gasteiger partial charge in [0.1, 0.15) is 11.5 Å². The molecule has 3 aromatic rings. The number of hydrogen-bond acceptors (Lipinski definition) is 4. The third kappa shape index (κ3) is 5.87. The van der Waals surface area contributed by atoms with Gasteiger partial charge in [0.2, 0.25) is 11.8 Å². The average molecular weight is 426 g/mol. The zero-order valence-corrected chi connectivity index (χ0v) is 17.7. The minimum absolute atomic E-state index is 0.0565. The van der Waals surface area contributed by atoms with E-state index in [2.05, 4.69) is 16.0 Å². The normalized spacial score (nSPS) is 10.5. The van der Waals surface area contributed by atoms with Gasteiger partial charge in [-0.2, -0.15) is 0 Å². The van der Waals surface area contributed by atoms with E-state index < -0.39 is 0 Å². The SMILES string of the molecule is CCC(=O)Nc1ccc(C)c(NCC(=O)NCc2ccc(-c3ccc(Cl)cc3)o2)c1. The zero-order chi connectivity index (χ0) is 21.5. The van der Waals surface area contributed by atoms with Gasteiger partial charge in [-0.15, -0.1) is 0 Å². The number of furan rings is 1. The van der Waals surface area contributed by atoms with Gasteiger partial charge in [0.25, 0.3) is 0 Å². The number of hydrogen-bond donors (Lipinski definition) is 3. The summed E-state index contributed by atoms with van der Waals surface area (Å²) in [6, 6.07) is 16.6. The molecule has 0 fully saturated rings. The van der Waals surface area contributed by atoms with E-state index in [-0.39, 0.29) is 18.4 Å². The van der Waals surface area contributed by atoms with Crippen LogP contribution in [0.1, 0.15) is 24.7 Å². The number of amides is 2. The molecule has 0 bridgehead atoms. The Bertz CT molecular complexity index is 1030. The average Bonchev–Trinajstić information content (AvgIpc) is 3.22. The third-order valence-corrected chi connectivity index (χ3v) is 4.78. The Balaban J connectivity index is 1.51. The number of halogens is 1. The van der Waals surface area contributed by atoms with Crippen LogP contribution in [0.4, 0.5) is 11.4 Å². The predicted molar refractivity (Wildman–Crippen MR) is 120 cm³/mol. The molecule has 0 spiro atoms. The van der Waals surface area contributed by atoms with Crippen LogP contribution in [-0.2, 0) is 16.1 Å². The summed E-state index contributed by atoms with van der Waals surface area (Å²) < 4.78 is 5.79. The maximum atomic E-state index is 12.2. The Morgan fingerprint density at radius 2 is 1.77 bits per heavy atom. The zero-order valence-electron chi connectivity index (χ0n) is 16.9. The fraction of sp³-hybridized carbons (Fsp3) is 0.217. The second-order valence-electron chi connectivity index (χ2n) is 6.83. The third-order valence-electron chi connectivity index (χ3n) is 4.53. The monoisotopic (exact) mass is 425 g/mol. The molecule has 0 saturated heterocycles. The quantitative estimate of drug-likeness (QED) is 0.475. The van der Waals surface area contributed by atoms with E-state index in [1.54, 1.807) is 19.1 Å².